The number of hydrogen-bond donors (Lipinski definition) is 3. The van der Waals surface area contributed by atoms with Crippen molar-refractivity contribution in [1.82, 2.24) is 10.6 Å². The fraction of sp³-hybridized carbons (Fsp3) is 0.818. The Labute approximate surface area is 107 Å². The van der Waals surface area contributed by atoms with E-state index in [1.165, 1.54) is 7.11 Å². The molecule has 2 unspecified atom stereocenters. The SMILES string of the molecule is CCOC(C)CNC(=O)NC(CCOC)C(=O)O. The minimum absolute atomic E-state index is 0.108. The zero-order valence-corrected chi connectivity index (χ0v) is 11.1. The van der Waals surface area contributed by atoms with Crippen molar-refractivity contribution in [1.29, 1.82) is 0 Å². The number of carbonyl (C=O) groups is 2. The highest BCUT2D eigenvalue weighted by molar-refractivity contribution is 5.82. The number of urea groups is 1. The summed E-state index contributed by atoms with van der Waals surface area (Å²) in [4.78, 5) is 22.3. The number of aliphatic carboxylic acids is 1. The molecule has 0 saturated heterocycles. The van der Waals surface area contributed by atoms with Crippen LogP contribution in [0.15, 0.2) is 0 Å². The van der Waals surface area contributed by atoms with Crippen molar-refractivity contribution in [2.75, 3.05) is 26.9 Å². The number of methoxy groups -OCH3 is 1. The van der Waals surface area contributed by atoms with Gasteiger partial charge in [-0.15, -0.1) is 0 Å². The second kappa shape index (κ2) is 9.67. The summed E-state index contributed by atoms with van der Waals surface area (Å²) < 4.78 is 10.0. The van der Waals surface area contributed by atoms with Crippen molar-refractivity contribution in [3.8, 4) is 0 Å². The molecule has 0 aromatic heterocycles. The Hall–Kier alpha value is -1.34. The number of carboxylic acids is 1. The molecule has 0 spiro atoms. The molecule has 0 heterocycles. The Kier molecular flexibility index (Phi) is 8.95. The third kappa shape index (κ3) is 7.86. The summed E-state index contributed by atoms with van der Waals surface area (Å²) in [6.07, 6.45) is 0.114. The molecule has 0 bridgehead atoms. The van der Waals surface area contributed by atoms with Crippen LogP contribution in [0.4, 0.5) is 4.79 Å². The predicted molar refractivity (Wildman–Crippen MR) is 65.5 cm³/mol. The lowest BCUT2D eigenvalue weighted by atomic mass is 10.2. The van der Waals surface area contributed by atoms with Crippen molar-refractivity contribution in [3.05, 3.63) is 0 Å². The van der Waals surface area contributed by atoms with Crippen molar-refractivity contribution in [3.63, 3.8) is 0 Å². The fourth-order valence-electron chi connectivity index (χ4n) is 1.28. The van der Waals surface area contributed by atoms with E-state index in [0.717, 1.165) is 0 Å². The van der Waals surface area contributed by atoms with E-state index >= 15 is 0 Å². The smallest absolute Gasteiger partial charge is 0.326 e. The van der Waals surface area contributed by atoms with Gasteiger partial charge in [-0.3, -0.25) is 0 Å². The van der Waals surface area contributed by atoms with Crippen LogP contribution in [0.3, 0.4) is 0 Å². The first-order valence-corrected chi connectivity index (χ1v) is 5.89. The van der Waals surface area contributed by atoms with Crippen molar-refractivity contribution in [2.45, 2.75) is 32.4 Å². The van der Waals surface area contributed by atoms with Gasteiger partial charge in [0, 0.05) is 33.3 Å². The standard InChI is InChI=1S/C11H22N2O5/c1-4-18-8(2)7-12-11(16)13-9(10(14)15)5-6-17-3/h8-9H,4-7H2,1-3H3,(H,14,15)(H2,12,13,16). The molecular weight excluding hydrogens is 240 g/mol. The van der Waals surface area contributed by atoms with Gasteiger partial charge in [0.1, 0.15) is 6.04 Å². The Morgan fingerprint density at radius 1 is 1.39 bits per heavy atom. The maximum Gasteiger partial charge on any atom is 0.326 e. The number of ether oxygens (including phenoxy) is 2. The van der Waals surface area contributed by atoms with Crippen LogP contribution >= 0.6 is 0 Å². The third-order valence-corrected chi connectivity index (χ3v) is 2.22. The van der Waals surface area contributed by atoms with Crippen molar-refractivity contribution >= 4 is 12.0 Å². The monoisotopic (exact) mass is 262 g/mol. The minimum atomic E-state index is -1.08. The number of carboxylic acid groups (broad SMARTS) is 1. The molecule has 0 aliphatic heterocycles. The molecule has 0 aromatic carbocycles. The van der Waals surface area contributed by atoms with Crippen LogP contribution in [0.1, 0.15) is 20.3 Å². The van der Waals surface area contributed by atoms with Gasteiger partial charge in [0.15, 0.2) is 0 Å². The summed E-state index contributed by atoms with van der Waals surface area (Å²) in [5, 5.41) is 13.8. The van der Waals surface area contributed by atoms with Crippen molar-refractivity contribution < 1.29 is 24.2 Å². The molecule has 18 heavy (non-hydrogen) atoms. The number of rotatable bonds is 9. The van der Waals surface area contributed by atoms with Crippen LogP contribution < -0.4 is 10.6 Å². The van der Waals surface area contributed by atoms with E-state index < -0.39 is 18.0 Å². The van der Waals surface area contributed by atoms with E-state index in [1.54, 1.807) is 0 Å². The summed E-state index contributed by atoms with van der Waals surface area (Å²) >= 11 is 0. The van der Waals surface area contributed by atoms with Crippen LogP contribution in [0, 0.1) is 0 Å². The van der Waals surface area contributed by atoms with Crippen LogP contribution in [-0.4, -0.2) is 56.1 Å². The molecule has 0 radical (unpaired) electrons. The zero-order valence-electron chi connectivity index (χ0n) is 11.1. The van der Waals surface area contributed by atoms with E-state index in [-0.39, 0.29) is 19.1 Å². The first-order chi connectivity index (χ1) is 8.51. The van der Waals surface area contributed by atoms with Gasteiger partial charge >= 0.3 is 12.0 Å². The second-order valence-electron chi connectivity index (χ2n) is 3.79. The van der Waals surface area contributed by atoms with Crippen molar-refractivity contribution in [2.24, 2.45) is 0 Å². The molecule has 2 amide bonds. The van der Waals surface area contributed by atoms with Gasteiger partial charge in [0.05, 0.1) is 6.10 Å². The molecule has 0 rings (SSSR count). The Bertz CT molecular complexity index is 260. The van der Waals surface area contributed by atoms with Gasteiger partial charge in [-0.1, -0.05) is 0 Å². The van der Waals surface area contributed by atoms with Gasteiger partial charge in [0.2, 0.25) is 0 Å². The molecule has 0 fully saturated rings. The highest BCUT2D eigenvalue weighted by Crippen LogP contribution is 1.93. The lowest BCUT2D eigenvalue weighted by Gasteiger charge is -2.16. The van der Waals surface area contributed by atoms with E-state index in [1.807, 2.05) is 13.8 Å². The van der Waals surface area contributed by atoms with Crippen LogP contribution in [0.5, 0.6) is 0 Å². The normalized spacial score (nSPS) is 13.7. The maximum absolute atomic E-state index is 11.4. The van der Waals surface area contributed by atoms with E-state index in [0.29, 0.717) is 13.2 Å². The molecule has 3 N–H and O–H groups in total. The first-order valence-electron chi connectivity index (χ1n) is 5.89. The summed E-state index contributed by atoms with van der Waals surface area (Å²) in [6, 6.07) is -1.47. The molecular formula is C11H22N2O5. The lowest BCUT2D eigenvalue weighted by Crippen LogP contribution is -2.48. The molecule has 0 aliphatic carbocycles. The number of hydrogen-bond acceptors (Lipinski definition) is 4. The first kappa shape index (κ1) is 16.7. The molecule has 0 saturated carbocycles. The molecule has 7 heteroatoms. The van der Waals surface area contributed by atoms with Gasteiger partial charge in [-0.25, -0.2) is 9.59 Å². The van der Waals surface area contributed by atoms with Crippen LogP contribution in [0.25, 0.3) is 0 Å². The molecule has 0 aromatic rings. The average molecular weight is 262 g/mol. The number of nitrogens with one attached hydrogen (secondary N) is 2. The van der Waals surface area contributed by atoms with Gasteiger partial charge in [-0.05, 0) is 13.8 Å². The lowest BCUT2D eigenvalue weighted by molar-refractivity contribution is -0.139. The zero-order chi connectivity index (χ0) is 14.0. The molecule has 0 aliphatic rings. The largest absolute Gasteiger partial charge is 0.480 e. The Morgan fingerprint density at radius 3 is 2.56 bits per heavy atom. The minimum Gasteiger partial charge on any atom is -0.480 e. The van der Waals surface area contributed by atoms with Crippen LogP contribution in [0.2, 0.25) is 0 Å². The summed E-state index contributed by atoms with van der Waals surface area (Å²) in [7, 11) is 1.47. The molecule has 7 nitrogen and oxygen atoms in total. The van der Waals surface area contributed by atoms with E-state index in [9.17, 15) is 9.59 Å². The third-order valence-electron chi connectivity index (χ3n) is 2.22. The Balaban J connectivity index is 3.98. The number of amides is 2. The number of carbonyl (C=O) groups excluding carboxylic acids is 1. The van der Waals surface area contributed by atoms with Crippen LogP contribution in [-0.2, 0) is 14.3 Å². The fourth-order valence-corrected chi connectivity index (χ4v) is 1.28. The second-order valence-corrected chi connectivity index (χ2v) is 3.79. The Morgan fingerprint density at radius 2 is 2.06 bits per heavy atom. The summed E-state index contributed by atoms with van der Waals surface area (Å²) in [5.41, 5.74) is 0. The summed E-state index contributed by atoms with van der Waals surface area (Å²) in [5.74, 6) is -1.08. The maximum atomic E-state index is 11.4. The quantitative estimate of drug-likeness (QED) is 0.551. The van der Waals surface area contributed by atoms with Gasteiger partial charge in [-0.2, -0.15) is 0 Å². The molecule has 106 valence electrons. The summed E-state index contributed by atoms with van der Waals surface area (Å²) in [6.45, 7) is 4.85. The van der Waals surface area contributed by atoms with E-state index in [2.05, 4.69) is 10.6 Å². The predicted octanol–water partition coefficient (Wildman–Crippen LogP) is 0.200. The van der Waals surface area contributed by atoms with E-state index in [4.69, 9.17) is 14.6 Å². The van der Waals surface area contributed by atoms with Gasteiger partial charge < -0.3 is 25.2 Å². The average Bonchev–Trinajstić information content (AvgIpc) is 2.32. The highest BCUT2D eigenvalue weighted by atomic mass is 16.5. The molecule has 2 atom stereocenters. The highest BCUT2D eigenvalue weighted by Gasteiger charge is 2.19. The van der Waals surface area contributed by atoms with Gasteiger partial charge in [0.25, 0.3) is 0 Å². The topological polar surface area (TPSA) is 96.9 Å².